The van der Waals surface area contributed by atoms with Crippen molar-refractivity contribution in [1.29, 1.82) is 0 Å². The van der Waals surface area contributed by atoms with E-state index in [0.29, 0.717) is 13.1 Å². The number of carboxylic acid groups (broad SMARTS) is 1. The number of aromatic carboxylic acids is 1. The summed E-state index contributed by atoms with van der Waals surface area (Å²) in [5, 5.41) is 9.52. The number of benzene rings is 2. The molecule has 0 radical (unpaired) electrons. The van der Waals surface area contributed by atoms with Crippen LogP contribution >= 0.6 is 0 Å². The smallest absolute Gasteiger partial charge is 0.341 e. The van der Waals surface area contributed by atoms with Gasteiger partial charge in [-0.3, -0.25) is 9.59 Å². The summed E-state index contributed by atoms with van der Waals surface area (Å²) in [5.41, 5.74) is 1.35. The summed E-state index contributed by atoms with van der Waals surface area (Å²) in [7, 11) is 0. The molecule has 4 rings (SSSR count). The molecule has 0 amide bonds. The van der Waals surface area contributed by atoms with E-state index < -0.39 is 22.5 Å². The Morgan fingerprint density at radius 3 is 2.50 bits per heavy atom. The highest BCUT2D eigenvalue weighted by atomic mass is 16.5. The molecule has 2 aromatic carbocycles. The molecule has 0 aliphatic heterocycles. The maximum absolute atomic E-state index is 13.5. The molecule has 0 aliphatic carbocycles. The van der Waals surface area contributed by atoms with E-state index in [2.05, 4.69) is 17.9 Å². The maximum Gasteiger partial charge on any atom is 0.341 e. The first-order valence-electron chi connectivity index (χ1n) is 11.9. The molecular weight excluding hydrogens is 458 g/mol. The van der Waals surface area contributed by atoms with Gasteiger partial charge in [-0.05, 0) is 36.6 Å². The second kappa shape index (κ2) is 10.9. The molecule has 8 nitrogen and oxygen atoms in total. The quantitative estimate of drug-likeness (QED) is 0.364. The van der Waals surface area contributed by atoms with Crippen molar-refractivity contribution in [3.05, 3.63) is 110 Å². The summed E-state index contributed by atoms with van der Waals surface area (Å²) in [6.07, 6.45) is 5.30. The Morgan fingerprint density at radius 2 is 1.81 bits per heavy atom. The van der Waals surface area contributed by atoms with Crippen LogP contribution in [0.5, 0.6) is 5.75 Å². The average Bonchev–Trinajstić information content (AvgIpc) is 2.87. The van der Waals surface area contributed by atoms with Crippen molar-refractivity contribution >= 4 is 17.2 Å². The van der Waals surface area contributed by atoms with Crippen LogP contribution in [0, 0.1) is 6.92 Å². The molecule has 0 unspecified atom stereocenters. The highest BCUT2D eigenvalue weighted by molar-refractivity contribution is 5.88. The van der Waals surface area contributed by atoms with Crippen LogP contribution in [0.3, 0.4) is 0 Å². The Morgan fingerprint density at radius 1 is 1.03 bits per heavy atom. The fraction of sp³-hybridized carbons (Fsp3) is 0.250. The SMILES string of the molecule is CCCN(CCn1ccn2cc(C(=O)O)c(=O)c(OCc3ccccc3)c2c1=O)c1cccc(C)c1. The van der Waals surface area contributed by atoms with E-state index in [-0.39, 0.29) is 17.9 Å². The molecule has 0 atom stereocenters. The van der Waals surface area contributed by atoms with E-state index in [9.17, 15) is 19.5 Å². The lowest BCUT2D eigenvalue weighted by Gasteiger charge is -2.25. The fourth-order valence-electron chi connectivity index (χ4n) is 4.18. The van der Waals surface area contributed by atoms with E-state index in [1.807, 2.05) is 55.5 Å². The molecule has 2 heterocycles. The topological polar surface area (TPSA) is 93.2 Å². The standard InChI is InChI=1S/C28H29N3O5/c1-3-12-29(22-11-7-8-20(2)17-22)13-14-30-15-16-31-18-23(28(34)35)25(32)26(24(31)27(30)33)36-19-21-9-5-4-6-10-21/h4-11,15-18H,3,12-14,19H2,1-2H3,(H,34,35). The normalized spacial score (nSPS) is 10.9. The van der Waals surface area contributed by atoms with Crippen LogP contribution in [0.25, 0.3) is 5.52 Å². The van der Waals surface area contributed by atoms with Crippen molar-refractivity contribution in [2.45, 2.75) is 33.4 Å². The Bertz CT molecular complexity index is 1490. The Kier molecular flexibility index (Phi) is 7.53. The van der Waals surface area contributed by atoms with Gasteiger partial charge in [-0.2, -0.15) is 0 Å². The first kappa shape index (κ1) is 24.8. The monoisotopic (exact) mass is 487 g/mol. The zero-order valence-corrected chi connectivity index (χ0v) is 20.4. The van der Waals surface area contributed by atoms with E-state index in [0.717, 1.165) is 36.0 Å². The van der Waals surface area contributed by atoms with Crippen LogP contribution in [0.4, 0.5) is 5.69 Å². The van der Waals surface area contributed by atoms with Gasteiger partial charge in [0.25, 0.3) is 5.56 Å². The Balaban J connectivity index is 1.71. The third-order valence-corrected chi connectivity index (χ3v) is 5.99. The van der Waals surface area contributed by atoms with E-state index in [1.165, 1.54) is 8.97 Å². The van der Waals surface area contributed by atoms with E-state index in [1.54, 1.807) is 12.4 Å². The molecule has 0 bridgehead atoms. The van der Waals surface area contributed by atoms with Crippen LogP contribution in [0.15, 0.2) is 82.8 Å². The molecule has 0 saturated carbocycles. The van der Waals surface area contributed by atoms with Crippen molar-refractivity contribution in [2.75, 3.05) is 18.0 Å². The van der Waals surface area contributed by atoms with E-state index >= 15 is 0 Å². The number of aryl methyl sites for hydroxylation is 1. The number of carboxylic acids is 1. The number of ether oxygens (including phenoxy) is 1. The molecule has 1 N–H and O–H groups in total. The first-order chi connectivity index (χ1) is 17.4. The fourth-order valence-corrected chi connectivity index (χ4v) is 4.18. The van der Waals surface area contributed by atoms with Gasteiger partial charge in [0.1, 0.15) is 12.2 Å². The Labute approximate surface area is 208 Å². The first-order valence-corrected chi connectivity index (χ1v) is 11.9. The molecule has 0 fully saturated rings. The van der Waals surface area contributed by atoms with Crippen LogP contribution < -0.4 is 20.6 Å². The molecule has 0 spiro atoms. The summed E-state index contributed by atoms with van der Waals surface area (Å²) in [4.78, 5) is 40.4. The van der Waals surface area contributed by atoms with Gasteiger partial charge >= 0.3 is 5.97 Å². The molecule has 4 aromatic rings. The van der Waals surface area contributed by atoms with Gasteiger partial charge < -0.3 is 23.7 Å². The minimum absolute atomic E-state index is 0.0148. The molecule has 0 saturated heterocycles. The molecule has 36 heavy (non-hydrogen) atoms. The van der Waals surface area contributed by atoms with Gasteiger partial charge in [0, 0.05) is 43.9 Å². The molecular formula is C28H29N3O5. The van der Waals surface area contributed by atoms with E-state index in [4.69, 9.17) is 4.74 Å². The van der Waals surface area contributed by atoms with Crippen molar-refractivity contribution in [2.24, 2.45) is 0 Å². The van der Waals surface area contributed by atoms with Crippen molar-refractivity contribution in [3.8, 4) is 5.75 Å². The summed E-state index contributed by atoms with van der Waals surface area (Å²) in [5.74, 6) is -1.64. The van der Waals surface area contributed by atoms with Crippen LogP contribution in [0.2, 0.25) is 0 Å². The number of anilines is 1. The van der Waals surface area contributed by atoms with Gasteiger partial charge in [0.05, 0.1) is 0 Å². The summed E-state index contributed by atoms with van der Waals surface area (Å²) >= 11 is 0. The van der Waals surface area contributed by atoms with Crippen LogP contribution in [-0.2, 0) is 13.2 Å². The number of pyridine rings is 1. The summed E-state index contributed by atoms with van der Waals surface area (Å²) in [6.45, 7) is 5.98. The molecule has 8 heteroatoms. The van der Waals surface area contributed by atoms with Crippen molar-refractivity contribution < 1.29 is 14.6 Å². The third-order valence-electron chi connectivity index (χ3n) is 5.99. The van der Waals surface area contributed by atoms with Gasteiger partial charge in [-0.25, -0.2) is 4.79 Å². The molecule has 0 aliphatic rings. The van der Waals surface area contributed by atoms with Gasteiger partial charge in [0.15, 0.2) is 11.3 Å². The zero-order valence-electron chi connectivity index (χ0n) is 20.4. The number of aromatic nitrogens is 2. The minimum Gasteiger partial charge on any atom is -0.483 e. The average molecular weight is 488 g/mol. The number of nitrogens with zero attached hydrogens (tertiary/aromatic N) is 3. The van der Waals surface area contributed by atoms with Gasteiger partial charge in [0.2, 0.25) is 5.43 Å². The van der Waals surface area contributed by atoms with Gasteiger partial charge in [-0.1, -0.05) is 49.4 Å². The number of hydrogen-bond donors (Lipinski definition) is 1. The van der Waals surface area contributed by atoms with Crippen LogP contribution in [0.1, 0.15) is 34.8 Å². The number of hydrogen-bond acceptors (Lipinski definition) is 5. The van der Waals surface area contributed by atoms with Crippen molar-refractivity contribution in [3.63, 3.8) is 0 Å². The molecule has 186 valence electrons. The lowest BCUT2D eigenvalue weighted by Crippen LogP contribution is -2.33. The van der Waals surface area contributed by atoms with Gasteiger partial charge in [-0.15, -0.1) is 0 Å². The second-order valence-corrected chi connectivity index (χ2v) is 8.66. The lowest BCUT2D eigenvalue weighted by atomic mass is 10.2. The number of rotatable bonds is 10. The molecule has 2 aromatic heterocycles. The predicted molar refractivity (Wildman–Crippen MR) is 139 cm³/mol. The Hall–Kier alpha value is -4.33. The highest BCUT2D eigenvalue weighted by Gasteiger charge is 2.20. The summed E-state index contributed by atoms with van der Waals surface area (Å²) < 4.78 is 8.68. The van der Waals surface area contributed by atoms with Crippen LogP contribution in [-0.4, -0.2) is 33.1 Å². The maximum atomic E-state index is 13.5. The summed E-state index contributed by atoms with van der Waals surface area (Å²) in [6, 6.07) is 17.4. The number of fused-ring (bicyclic) bond motifs is 1. The second-order valence-electron chi connectivity index (χ2n) is 8.66. The zero-order chi connectivity index (χ0) is 25.7. The highest BCUT2D eigenvalue weighted by Crippen LogP contribution is 2.18. The third kappa shape index (κ3) is 5.33. The lowest BCUT2D eigenvalue weighted by molar-refractivity contribution is 0.0694. The minimum atomic E-state index is -1.38. The predicted octanol–water partition coefficient (Wildman–Crippen LogP) is 3.96. The largest absolute Gasteiger partial charge is 0.483 e. The van der Waals surface area contributed by atoms with Crippen molar-refractivity contribution in [1.82, 2.24) is 8.97 Å². The number of carbonyl (C=O) groups is 1.